The van der Waals surface area contributed by atoms with Gasteiger partial charge in [0.05, 0.1) is 24.3 Å². The van der Waals surface area contributed by atoms with Gasteiger partial charge in [-0.2, -0.15) is 5.10 Å². The van der Waals surface area contributed by atoms with Crippen molar-refractivity contribution >= 4 is 16.9 Å². The van der Waals surface area contributed by atoms with Crippen LogP contribution in [0.2, 0.25) is 0 Å². The summed E-state index contributed by atoms with van der Waals surface area (Å²) in [6, 6.07) is 9.41. The first-order valence-corrected chi connectivity index (χ1v) is 8.51. The fourth-order valence-electron chi connectivity index (χ4n) is 3.27. The zero-order chi connectivity index (χ0) is 17.1. The molecular formula is C18H20FN5O. The standard InChI is InChI=1S/C18H20FN5O/c19-16(12-4-2-1-3-5-12)10-25-14-7-6-13(8-14)23-17-15-9-22-24-18(15)21-11-20-17/h1-5,9,11,13-14,16H,6-8,10H2,(H2,20,21,22,23,24)/t13-,14?,16+/m0/s1. The third kappa shape index (κ3) is 3.61. The molecule has 6 nitrogen and oxygen atoms in total. The lowest BCUT2D eigenvalue weighted by atomic mass is 10.1. The van der Waals surface area contributed by atoms with Crippen LogP contribution in [0.15, 0.2) is 42.9 Å². The maximum atomic E-state index is 14.2. The van der Waals surface area contributed by atoms with E-state index in [1.807, 2.05) is 18.2 Å². The summed E-state index contributed by atoms with van der Waals surface area (Å²) >= 11 is 0. The first-order valence-electron chi connectivity index (χ1n) is 8.51. The number of aromatic nitrogens is 4. The van der Waals surface area contributed by atoms with Crippen molar-refractivity contribution in [1.82, 2.24) is 20.2 Å². The van der Waals surface area contributed by atoms with Gasteiger partial charge in [-0.25, -0.2) is 14.4 Å². The number of hydrogen-bond donors (Lipinski definition) is 2. The van der Waals surface area contributed by atoms with Crippen LogP contribution in [-0.2, 0) is 4.74 Å². The van der Waals surface area contributed by atoms with Crippen LogP contribution >= 0.6 is 0 Å². The summed E-state index contributed by atoms with van der Waals surface area (Å²) in [6.45, 7) is 0.0981. The van der Waals surface area contributed by atoms with Crippen LogP contribution in [0.25, 0.3) is 11.0 Å². The number of halogens is 1. The summed E-state index contributed by atoms with van der Waals surface area (Å²) in [5, 5.41) is 11.1. The quantitative estimate of drug-likeness (QED) is 0.718. The van der Waals surface area contributed by atoms with Crippen molar-refractivity contribution < 1.29 is 9.13 Å². The van der Waals surface area contributed by atoms with Gasteiger partial charge in [-0.15, -0.1) is 0 Å². The predicted molar refractivity (Wildman–Crippen MR) is 93.0 cm³/mol. The van der Waals surface area contributed by atoms with Crippen molar-refractivity contribution in [3.8, 4) is 0 Å². The fraction of sp³-hybridized carbons (Fsp3) is 0.389. The molecule has 0 bridgehead atoms. The highest BCUT2D eigenvalue weighted by Crippen LogP contribution is 2.28. The Bertz CT molecular complexity index is 824. The molecule has 1 fully saturated rings. The van der Waals surface area contributed by atoms with Crippen LogP contribution < -0.4 is 5.32 Å². The van der Waals surface area contributed by atoms with E-state index >= 15 is 0 Å². The maximum absolute atomic E-state index is 14.2. The molecule has 0 aliphatic heterocycles. The Balaban J connectivity index is 1.30. The largest absolute Gasteiger partial charge is 0.375 e. The highest BCUT2D eigenvalue weighted by Gasteiger charge is 2.27. The minimum Gasteiger partial charge on any atom is -0.375 e. The molecule has 1 aliphatic rings. The summed E-state index contributed by atoms with van der Waals surface area (Å²) < 4.78 is 20.0. The van der Waals surface area contributed by atoms with Gasteiger partial charge in [0.2, 0.25) is 0 Å². The van der Waals surface area contributed by atoms with Crippen LogP contribution in [0.5, 0.6) is 0 Å². The van der Waals surface area contributed by atoms with E-state index < -0.39 is 6.17 Å². The van der Waals surface area contributed by atoms with Crippen LogP contribution in [0.1, 0.15) is 31.0 Å². The Morgan fingerprint density at radius 2 is 2.12 bits per heavy atom. The second-order valence-electron chi connectivity index (χ2n) is 6.34. The average molecular weight is 341 g/mol. The number of ether oxygens (including phenoxy) is 1. The molecule has 0 radical (unpaired) electrons. The van der Waals surface area contributed by atoms with Crippen molar-refractivity contribution in [3.05, 3.63) is 48.4 Å². The van der Waals surface area contributed by atoms with E-state index in [-0.39, 0.29) is 18.8 Å². The first-order chi connectivity index (χ1) is 12.3. The number of H-pyrrole nitrogens is 1. The number of rotatable bonds is 6. The Labute approximate surface area is 144 Å². The highest BCUT2D eigenvalue weighted by molar-refractivity contribution is 5.85. The van der Waals surface area contributed by atoms with Gasteiger partial charge >= 0.3 is 0 Å². The molecule has 0 saturated heterocycles. The van der Waals surface area contributed by atoms with Gasteiger partial charge in [-0.3, -0.25) is 5.10 Å². The van der Waals surface area contributed by atoms with Crippen molar-refractivity contribution in [3.63, 3.8) is 0 Å². The second kappa shape index (κ2) is 7.14. The Morgan fingerprint density at radius 1 is 1.24 bits per heavy atom. The molecule has 3 aromatic rings. The van der Waals surface area contributed by atoms with E-state index in [0.717, 1.165) is 30.5 Å². The van der Waals surface area contributed by atoms with Gasteiger partial charge in [0.15, 0.2) is 5.65 Å². The summed E-state index contributed by atoms with van der Waals surface area (Å²) in [7, 11) is 0. The number of fused-ring (bicyclic) bond motifs is 1. The molecule has 0 amide bonds. The second-order valence-corrected chi connectivity index (χ2v) is 6.34. The molecule has 0 spiro atoms. The normalized spacial score (nSPS) is 21.5. The van der Waals surface area contributed by atoms with E-state index in [2.05, 4.69) is 25.5 Å². The van der Waals surface area contributed by atoms with Crippen LogP contribution in [0, 0.1) is 0 Å². The zero-order valence-electron chi connectivity index (χ0n) is 13.7. The van der Waals surface area contributed by atoms with Crippen LogP contribution in [0.3, 0.4) is 0 Å². The number of alkyl halides is 1. The first kappa shape index (κ1) is 16.0. The van der Waals surface area contributed by atoms with Gasteiger partial charge in [0.1, 0.15) is 18.3 Å². The molecule has 7 heteroatoms. The number of hydrogen-bond acceptors (Lipinski definition) is 5. The molecule has 130 valence electrons. The molecule has 2 heterocycles. The summed E-state index contributed by atoms with van der Waals surface area (Å²) in [6.07, 6.45) is 4.94. The van der Waals surface area contributed by atoms with Crippen molar-refractivity contribution in [2.75, 3.05) is 11.9 Å². The monoisotopic (exact) mass is 341 g/mol. The molecule has 1 unspecified atom stereocenters. The lowest BCUT2D eigenvalue weighted by Gasteiger charge is -2.16. The van der Waals surface area contributed by atoms with Crippen LogP contribution in [0.4, 0.5) is 10.2 Å². The smallest absolute Gasteiger partial charge is 0.160 e. The van der Waals surface area contributed by atoms with Crippen LogP contribution in [-0.4, -0.2) is 38.9 Å². The maximum Gasteiger partial charge on any atom is 0.160 e. The lowest BCUT2D eigenvalue weighted by molar-refractivity contribution is 0.0217. The molecule has 2 aromatic heterocycles. The number of benzene rings is 1. The SMILES string of the molecule is F[C@H](COC1CC[C@H](Nc2ncnc3[nH]ncc23)C1)c1ccccc1. The van der Waals surface area contributed by atoms with Gasteiger partial charge < -0.3 is 10.1 Å². The molecule has 1 saturated carbocycles. The van der Waals surface area contributed by atoms with Gasteiger partial charge in [0.25, 0.3) is 0 Å². The molecule has 4 rings (SSSR count). The Hall–Kier alpha value is -2.54. The predicted octanol–water partition coefficient (Wildman–Crippen LogP) is 3.41. The minimum atomic E-state index is -1.08. The number of nitrogens with zero attached hydrogens (tertiary/aromatic N) is 3. The average Bonchev–Trinajstić information content (AvgIpc) is 3.30. The number of anilines is 1. The van der Waals surface area contributed by atoms with Crippen molar-refractivity contribution in [2.45, 2.75) is 37.6 Å². The van der Waals surface area contributed by atoms with Gasteiger partial charge in [0, 0.05) is 6.04 Å². The molecule has 1 aliphatic carbocycles. The zero-order valence-corrected chi connectivity index (χ0v) is 13.7. The topological polar surface area (TPSA) is 75.7 Å². The van der Waals surface area contributed by atoms with E-state index in [1.54, 1.807) is 18.3 Å². The molecule has 25 heavy (non-hydrogen) atoms. The molecular weight excluding hydrogens is 321 g/mol. The van der Waals surface area contributed by atoms with E-state index in [0.29, 0.717) is 11.2 Å². The van der Waals surface area contributed by atoms with Crippen molar-refractivity contribution in [2.24, 2.45) is 0 Å². The molecule has 2 N–H and O–H groups in total. The van der Waals surface area contributed by atoms with Crippen molar-refractivity contribution in [1.29, 1.82) is 0 Å². The minimum absolute atomic E-state index is 0.0705. The van der Waals surface area contributed by atoms with E-state index in [9.17, 15) is 4.39 Å². The fourth-order valence-corrected chi connectivity index (χ4v) is 3.27. The number of aromatic amines is 1. The van der Waals surface area contributed by atoms with E-state index in [4.69, 9.17) is 4.74 Å². The third-order valence-corrected chi connectivity index (χ3v) is 4.61. The summed E-state index contributed by atoms with van der Waals surface area (Å²) in [5.74, 6) is 0.775. The van der Waals surface area contributed by atoms with E-state index in [1.165, 1.54) is 6.33 Å². The lowest BCUT2D eigenvalue weighted by Crippen LogP contribution is -2.19. The number of nitrogens with one attached hydrogen (secondary N) is 2. The molecule has 3 atom stereocenters. The Morgan fingerprint density at radius 3 is 3.00 bits per heavy atom. The third-order valence-electron chi connectivity index (χ3n) is 4.61. The molecule has 1 aromatic carbocycles. The summed E-state index contributed by atoms with van der Waals surface area (Å²) in [4.78, 5) is 8.43. The van der Waals surface area contributed by atoms with Gasteiger partial charge in [-0.05, 0) is 24.8 Å². The summed E-state index contributed by atoms with van der Waals surface area (Å²) in [5.41, 5.74) is 1.38. The Kier molecular flexibility index (Phi) is 4.56. The van der Waals surface area contributed by atoms with Gasteiger partial charge in [-0.1, -0.05) is 30.3 Å². The highest BCUT2D eigenvalue weighted by atomic mass is 19.1.